The van der Waals surface area contributed by atoms with Crippen LogP contribution in [0.1, 0.15) is 0 Å². The lowest BCUT2D eigenvalue weighted by Crippen LogP contribution is -1.37. The smallest absolute Gasteiger partial charge is 0.323 e. The highest BCUT2D eigenvalue weighted by Crippen LogP contribution is 2.57. The summed E-state index contributed by atoms with van der Waals surface area (Å²) < 4.78 is 13.7. The van der Waals surface area contributed by atoms with Gasteiger partial charge in [-0.25, -0.2) is 0 Å². The van der Waals surface area contributed by atoms with Crippen molar-refractivity contribution in [1.29, 1.82) is 0 Å². The van der Waals surface area contributed by atoms with Gasteiger partial charge in [0.2, 0.25) is 0 Å². The lowest BCUT2D eigenvalue weighted by molar-refractivity contribution is 0.437. The Bertz CT molecular complexity index is 78.9. The minimum atomic E-state index is -2.89. The highest BCUT2D eigenvalue weighted by molar-refractivity contribution is 7.58. The second-order valence-corrected chi connectivity index (χ2v) is 2.69. The molecule has 1 unspecified atom stereocenters. The van der Waals surface area contributed by atoms with E-state index in [4.69, 9.17) is 4.89 Å². The van der Waals surface area contributed by atoms with E-state index in [-0.39, 0.29) is 6.35 Å². The van der Waals surface area contributed by atoms with Crippen LogP contribution in [0.5, 0.6) is 0 Å². The predicted molar refractivity (Wildman–Crippen MR) is 15.8 cm³/mol. The van der Waals surface area contributed by atoms with Crippen LogP contribution in [-0.4, -0.2) is 11.2 Å². The van der Waals surface area contributed by atoms with Gasteiger partial charge in [-0.05, 0) is 0 Å². The van der Waals surface area contributed by atoms with Crippen molar-refractivity contribution in [2.75, 3.05) is 6.35 Å². The standard InChI is InChI=1S/CH3O3P/c2-5(3)1-4-5/h1H2,(H,2,3). The Balaban J connectivity index is 2.72. The zero-order chi connectivity index (χ0) is 3.91. The molecule has 0 radical (unpaired) electrons. The molecule has 0 aromatic carbocycles. The van der Waals surface area contributed by atoms with Gasteiger partial charge < -0.3 is 4.89 Å². The van der Waals surface area contributed by atoms with Gasteiger partial charge in [0.1, 0.15) is 0 Å². The third kappa shape index (κ3) is 0.723. The topological polar surface area (TPSA) is 49.8 Å². The number of hydrogen-bond donors (Lipinski definition) is 1. The first kappa shape index (κ1) is 3.34. The van der Waals surface area contributed by atoms with Crippen LogP contribution in [0.25, 0.3) is 0 Å². The Labute approximate surface area is 29.1 Å². The molecule has 5 heavy (non-hydrogen) atoms. The highest BCUT2D eigenvalue weighted by Gasteiger charge is 2.35. The fourth-order valence-electron chi connectivity index (χ4n) is 0.0494. The van der Waals surface area contributed by atoms with E-state index in [1.165, 1.54) is 0 Å². The summed E-state index contributed by atoms with van der Waals surface area (Å²) in [5, 5.41) is 0. The predicted octanol–water partition coefficient (Wildman–Crippen LogP) is 0.159. The van der Waals surface area contributed by atoms with Gasteiger partial charge in [-0.15, -0.1) is 0 Å². The van der Waals surface area contributed by atoms with Crippen LogP contribution in [0.2, 0.25) is 0 Å². The normalized spacial score (nSPS) is 49.0. The lowest BCUT2D eigenvalue weighted by Gasteiger charge is -1.61. The lowest BCUT2D eigenvalue weighted by atomic mass is 11.7. The van der Waals surface area contributed by atoms with Crippen LogP contribution >= 0.6 is 7.60 Å². The molecule has 3 nitrogen and oxygen atoms in total. The molecule has 1 N–H and O–H groups in total. The molecule has 1 saturated heterocycles. The molecule has 1 atom stereocenters. The average molecular weight is 94.0 g/mol. The van der Waals surface area contributed by atoms with Crippen molar-refractivity contribution in [3.05, 3.63) is 0 Å². The van der Waals surface area contributed by atoms with E-state index in [0.717, 1.165) is 0 Å². The zero-order valence-corrected chi connectivity index (χ0v) is 3.31. The van der Waals surface area contributed by atoms with Crippen molar-refractivity contribution in [1.82, 2.24) is 0 Å². The number of rotatable bonds is 0. The molecule has 0 amide bonds. The summed E-state index contributed by atoms with van der Waals surface area (Å²) in [6, 6.07) is 0. The minimum absolute atomic E-state index is 0.0625. The maximum absolute atomic E-state index is 9.66. The van der Waals surface area contributed by atoms with E-state index in [1.54, 1.807) is 0 Å². The molecular formula is CH3O3P. The van der Waals surface area contributed by atoms with Crippen LogP contribution in [0, 0.1) is 0 Å². The van der Waals surface area contributed by atoms with Gasteiger partial charge >= 0.3 is 7.60 Å². The summed E-state index contributed by atoms with van der Waals surface area (Å²) in [6.45, 7) is 0. The van der Waals surface area contributed by atoms with Crippen LogP contribution in [0.4, 0.5) is 0 Å². The maximum Gasteiger partial charge on any atom is 0.354 e. The van der Waals surface area contributed by atoms with Crippen molar-refractivity contribution >= 4 is 7.60 Å². The fourth-order valence-corrected chi connectivity index (χ4v) is 0.445. The van der Waals surface area contributed by atoms with Gasteiger partial charge in [0.05, 0.1) is 0 Å². The quantitative estimate of drug-likeness (QED) is 0.343. The largest absolute Gasteiger partial charge is 0.354 e. The first-order valence-corrected chi connectivity index (χ1v) is 2.93. The van der Waals surface area contributed by atoms with Gasteiger partial charge in [0, 0.05) is 0 Å². The molecule has 4 heteroatoms. The molecule has 30 valence electrons. The molecule has 0 aromatic rings. The molecule has 0 aliphatic carbocycles. The molecular weight excluding hydrogens is 91.0 g/mol. The van der Waals surface area contributed by atoms with Crippen molar-refractivity contribution < 1.29 is 14.0 Å². The Morgan fingerprint density at radius 3 is 2.20 bits per heavy atom. The molecule has 0 saturated carbocycles. The van der Waals surface area contributed by atoms with Crippen molar-refractivity contribution in [2.24, 2.45) is 0 Å². The fraction of sp³-hybridized carbons (Fsp3) is 1.00. The van der Waals surface area contributed by atoms with Crippen LogP contribution in [0.15, 0.2) is 0 Å². The Morgan fingerprint density at radius 2 is 2.20 bits per heavy atom. The van der Waals surface area contributed by atoms with E-state index in [2.05, 4.69) is 4.52 Å². The summed E-state index contributed by atoms with van der Waals surface area (Å²) in [5.74, 6) is 0. The van der Waals surface area contributed by atoms with Gasteiger partial charge in [-0.1, -0.05) is 0 Å². The van der Waals surface area contributed by atoms with E-state index < -0.39 is 7.60 Å². The van der Waals surface area contributed by atoms with Crippen molar-refractivity contribution in [3.8, 4) is 0 Å². The van der Waals surface area contributed by atoms with Gasteiger partial charge in [0.25, 0.3) is 0 Å². The summed E-state index contributed by atoms with van der Waals surface area (Å²) in [4.78, 5) is 7.97. The van der Waals surface area contributed by atoms with Crippen LogP contribution < -0.4 is 0 Å². The van der Waals surface area contributed by atoms with Crippen molar-refractivity contribution in [2.45, 2.75) is 0 Å². The summed E-state index contributed by atoms with van der Waals surface area (Å²) >= 11 is 0. The average Bonchev–Trinajstić information content (AvgIpc) is 1.76. The number of hydrogen-bond acceptors (Lipinski definition) is 2. The van der Waals surface area contributed by atoms with Crippen LogP contribution in [-0.2, 0) is 9.09 Å². The monoisotopic (exact) mass is 94.0 g/mol. The molecule has 1 aliphatic heterocycles. The van der Waals surface area contributed by atoms with Crippen LogP contribution in [0.3, 0.4) is 0 Å². The van der Waals surface area contributed by atoms with Gasteiger partial charge in [-0.3, -0.25) is 9.09 Å². The second kappa shape index (κ2) is 0.620. The summed E-state index contributed by atoms with van der Waals surface area (Å²) in [6.07, 6.45) is 0.0625. The van der Waals surface area contributed by atoms with Gasteiger partial charge in [0.15, 0.2) is 6.35 Å². The minimum Gasteiger partial charge on any atom is -0.323 e. The molecule has 1 rings (SSSR count). The van der Waals surface area contributed by atoms with E-state index in [0.29, 0.717) is 0 Å². The first-order valence-electron chi connectivity index (χ1n) is 1.17. The molecule has 1 aliphatic rings. The summed E-state index contributed by atoms with van der Waals surface area (Å²) in [7, 11) is -2.89. The van der Waals surface area contributed by atoms with E-state index in [9.17, 15) is 4.57 Å². The molecule has 0 aromatic heterocycles. The van der Waals surface area contributed by atoms with E-state index >= 15 is 0 Å². The van der Waals surface area contributed by atoms with Crippen molar-refractivity contribution in [3.63, 3.8) is 0 Å². The molecule has 1 heterocycles. The van der Waals surface area contributed by atoms with Gasteiger partial charge in [-0.2, -0.15) is 0 Å². The summed E-state index contributed by atoms with van der Waals surface area (Å²) in [5.41, 5.74) is 0. The third-order valence-electron chi connectivity index (χ3n) is 0.350. The zero-order valence-electron chi connectivity index (χ0n) is 2.42. The first-order chi connectivity index (χ1) is 2.21. The maximum atomic E-state index is 9.66. The molecule has 1 fully saturated rings. The van der Waals surface area contributed by atoms with E-state index in [1.807, 2.05) is 0 Å². The second-order valence-electron chi connectivity index (χ2n) is 0.896. The Morgan fingerprint density at radius 1 is 2.00 bits per heavy atom. The highest BCUT2D eigenvalue weighted by atomic mass is 31.2. The molecule has 0 bridgehead atoms. The Hall–Kier alpha value is 0.150. The third-order valence-corrected chi connectivity index (χ3v) is 1.05. The SMILES string of the molecule is O=P1(O)CO1. The molecule has 0 spiro atoms. The Kier molecular flexibility index (Phi) is 0.415.